The van der Waals surface area contributed by atoms with Gasteiger partial charge >= 0.3 is 0 Å². The Balaban J connectivity index is 1.70. The quantitative estimate of drug-likeness (QED) is 0.684. The Kier molecular flexibility index (Phi) is 2.46. The van der Waals surface area contributed by atoms with Crippen molar-refractivity contribution in [3.63, 3.8) is 0 Å². The summed E-state index contributed by atoms with van der Waals surface area (Å²) >= 11 is 0. The number of rotatable bonds is 1. The van der Waals surface area contributed by atoms with Crippen molar-refractivity contribution in [2.75, 3.05) is 0 Å². The van der Waals surface area contributed by atoms with E-state index in [4.69, 9.17) is 0 Å². The minimum Gasteiger partial charge on any atom is -0.285 e. The summed E-state index contributed by atoms with van der Waals surface area (Å²) < 4.78 is 2.22. The van der Waals surface area contributed by atoms with Crippen molar-refractivity contribution in [1.82, 2.24) is 14.8 Å². The number of hydrogen-bond donors (Lipinski definition) is 1. The number of H-pyrrole nitrogens is 2. The number of benzene rings is 1. The largest absolute Gasteiger partial charge is 0.298 e. The van der Waals surface area contributed by atoms with Crippen LogP contribution in [0.25, 0.3) is 11.8 Å². The first-order valence-electron chi connectivity index (χ1n) is 7.41. The van der Waals surface area contributed by atoms with Gasteiger partial charge in [-0.25, -0.2) is 14.5 Å². The van der Waals surface area contributed by atoms with E-state index in [2.05, 4.69) is 35.8 Å². The first-order valence-corrected chi connectivity index (χ1v) is 7.41. The summed E-state index contributed by atoms with van der Waals surface area (Å²) in [6, 6.07) is 8.19. The first kappa shape index (κ1) is 12.3. The zero-order valence-corrected chi connectivity index (χ0v) is 12.2. The number of nitrogens with one attached hydrogen (secondary N) is 2. The number of aromatic nitrogens is 4. The molecule has 110 valence electrons. The van der Waals surface area contributed by atoms with Gasteiger partial charge in [0, 0.05) is 23.5 Å². The normalized spacial score (nSPS) is 17.5. The molecule has 0 aliphatic carbocycles. The third-order valence-corrected chi connectivity index (χ3v) is 4.22. The molecule has 23 heavy (non-hydrogen) atoms. The van der Waals surface area contributed by atoms with Crippen molar-refractivity contribution in [3.05, 3.63) is 64.8 Å². The van der Waals surface area contributed by atoms with Crippen molar-refractivity contribution in [1.29, 1.82) is 0 Å². The first-order chi connectivity index (χ1) is 11.4. The number of aromatic amines is 2. The number of para-hydroxylation sites is 1. The molecule has 1 aromatic carbocycles. The lowest BCUT2D eigenvalue weighted by atomic mass is 10.1. The second kappa shape index (κ2) is 4.61. The Labute approximate surface area is 131 Å². The lowest BCUT2D eigenvalue weighted by Crippen LogP contribution is -2.38. The molecule has 0 saturated carbocycles. The fourth-order valence-corrected chi connectivity index (χ4v) is 3.05. The average Bonchev–Trinajstić information content (AvgIpc) is 3.32. The van der Waals surface area contributed by atoms with E-state index >= 15 is 0 Å². The van der Waals surface area contributed by atoms with Gasteiger partial charge in [-0.2, -0.15) is 5.10 Å². The molecule has 0 bridgehead atoms. The van der Waals surface area contributed by atoms with Crippen molar-refractivity contribution in [3.8, 4) is 0 Å². The Morgan fingerprint density at radius 2 is 2.17 bits per heavy atom. The molecule has 0 unspecified atom stereocenters. The van der Waals surface area contributed by atoms with E-state index in [-0.39, 0.29) is 0 Å². The van der Waals surface area contributed by atoms with Crippen LogP contribution in [-0.2, 0) is 6.54 Å². The number of nitrogens with zero attached hydrogens (tertiary/aromatic N) is 4. The molecular weight excluding hydrogens is 288 g/mol. The van der Waals surface area contributed by atoms with Crippen LogP contribution in [0, 0.1) is 0 Å². The van der Waals surface area contributed by atoms with Gasteiger partial charge in [0.05, 0.1) is 23.2 Å². The molecule has 4 heterocycles. The second-order valence-electron chi connectivity index (χ2n) is 5.53. The molecule has 6 heteroatoms. The zero-order valence-electron chi connectivity index (χ0n) is 12.2. The SMILES string of the molecule is C1=Nc2ccccc2/C1=c1\c[nH+]c2n1CC(c1cn[nH]c1)=NC=2. The molecule has 0 radical (unpaired) electrons. The predicted octanol–water partition coefficient (Wildman–Crippen LogP) is 0.181. The van der Waals surface area contributed by atoms with Crippen LogP contribution in [0.3, 0.4) is 0 Å². The standard InChI is InChI=1S/C17H12N6/c1-2-4-14-12(3-1)13(7-18-14)16-8-20-17-9-19-15(10-23(16)17)11-5-21-22-6-11/h1-9H,10H2,(H,21,22)/p+1/b16-13+. The van der Waals surface area contributed by atoms with Crippen LogP contribution in [0.5, 0.6) is 0 Å². The van der Waals surface area contributed by atoms with E-state index < -0.39 is 0 Å². The molecule has 2 aliphatic heterocycles. The summed E-state index contributed by atoms with van der Waals surface area (Å²) in [6.45, 7) is 0.698. The average molecular weight is 301 g/mol. The molecule has 5 rings (SSSR count). The molecule has 2 N–H and O–H groups in total. The highest BCUT2D eigenvalue weighted by Gasteiger charge is 2.21. The van der Waals surface area contributed by atoms with Gasteiger partial charge in [-0.1, -0.05) is 18.2 Å². The zero-order chi connectivity index (χ0) is 15.2. The Morgan fingerprint density at radius 1 is 1.22 bits per heavy atom. The maximum Gasteiger partial charge on any atom is 0.298 e. The minimum absolute atomic E-state index is 0.698. The van der Waals surface area contributed by atoms with Crippen LogP contribution >= 0.6 is 0 Å². The highest BCUT2D eigenvalue weighted by molar-refractivity contribution is 6.15. The Morgan fingerprint density at radius 3 is 3.09 bits per heavy atom. The van der Waals surface area contributed by atoms with Crippen molar-refractivity contribution < 1.29 is 4.98 Å². The third-order valence-electron chi connectivity index (χ3n) is 4.22. The van der Waals surface area contributed by atoms with E-state index in [0.717, 1.165) is 38.9 Å². The Bertz CT molecular complexity index is 1080. The van der Waals surface area contributed by atoms with Crippen LogP contribution in [-0.4, -0.2) is 26.7 Å². The highest BCUT2D eigenvalue weighted by Crippen LogP contribution is 2.28. The van der Waals surface area contributed by atoms with Crippen LogP contribution in [0.2, 0.25) is 0 Å². The Hall–Kier alpha value is -3.28. The van der Waals surface area contributed by atoms with Crippen molar-refractivity contribution in [2.45, 2.75) is 6.54 Å². The summed E-state index contributed by atoms with van der Waals surface area (Å²) in [5.41, 5.74) is 6.29. The molecular formula is C17H13N6+. The predicted molar refractivity (Wildman–Crippen MR) is 86.9 cm³/mol. The van der Waals surface area contributed by atoms with Gasteiger partial charge in [0.2, 0.25) is 0 Å². The second-order valence-corrected chi connectivity index (χ2v) is 5.53. The number of fused-ring (bicyclic) bond motifs is 2. The van der Waals surface area contributed by atoms with Crippen molar-refractivity contribution >= 4 is 29.4 Å². The molecule has 0 fully saturated rings. The number of hydrogen-bond acceptors (Lipinski definition) is 3. The minimum atomic E-state index is 0.698. The molecule has 0 saturated heterocycles. The van der Waals surface area contributed by atoms with Gasteiger partial charge in [-0.3, -0.25) is 10.1 Å². The van der Waals surface area contributed by atoms with Crippen LogP contribution in [0.4, 0.5) is 5.69 Å². The van der Waals surface area contributed by atoms with E-state index in [9.17, 15) is 0 Å². The molecule has 6 nitrogen and oxygen atoms in total. The van der Waals surface area contributed by atoms with Crippen molar-refractivity contribution in [2.24, 2.45) is 9.98 Å². The highest BCUT2D eigenvalue weighted by atomic mass is 15.1. The molecule has 3 aromatic rings. The number of imidazole rings is 1. The van der Waals surface area contributed by atoms with E-state index in [1.807, 2.05) is 43.0 Å². The van der Waals surface area contributed by atoms with Crippen LogP contribution in [0.1, 0.15) is 11.1 Å². The molecule has 0 amide bonds. The smallest absolute Gasteiger partial charge is 0.285 e. The summed E-state index contributed by atoms with van der Waals surface area (Å²) in [7, 11) is 0. The van der Waals surface area contributed by atoms with Gasteiger partial charge in [-0.15, -0.1) is 0 Å². The fraction of sp³-hybridized carbons (Fsp3) is 0.0588. The van der Waals surface area contributed by atoms with E-state index in [1.54, 1.807) is 6.20 Å². The van der Waals surface area contributed by atoms with E-state index in [1.165, 1.54) is 0 Å². The van der Waals surface area contributed by atoms with Gasteiger partial charge in [-0.05, 0) is 6.07 Å². The summed E-state index contributed by atoms with van der Waals surface area (Å²) in [4.78, 5) is 12.3. The summed E-state index contributed by atoms with van der Waals surface area (Å²) in [5.74, 6) is 0. The van der Waals surface area contributed by atoms with Gasteiger partial charge < -0.3 is 0 Å². The fourth-order valence-electron chi connectivity index (χ4n) is 3.05. The molecule has 2 aliphatic rings. The summed E-state index contributed by atoms with van der Waals surface area (Å²) in [5, 5.41) is 7.96. The van der Waals surface area contributed by atoms with Gasteiger partial charge in [0.15, 0.2) is 5.35 Å². The number of aliphatic imine (C=N–C) groups is 2. The van der Waals surface area contributed by atoms with Crippen LogP contribution in [0.15, 0.2) is 52.8 Å². The maximum absolute atomic E-state index is 4.53. The van der Waals surface area contributed by atoms with Gasteiger partial charge in [0.1, 0.15) is 18.9 Å². The summed E-state index contributed by atoms with van der Waals surface area (Å²) in [6.07, 6.45) is 9.47. The van der Waals surface area contributed by atoms with Crippen LogP contribution < -0.4 is 15.8 Å². The molecule has 0 spiro atoms. The van der Waals surface area contributed by atoms with E-state index in [0.29, 0.717) is 6.54 Å². The maximum atomic E-state index is 4.53. The lowest BCUT2D eigenvalue weighted by molar-refractivity contribution is -0.395. The topological polar surface area (TPSA) is 72.5 Å². The molecule has 2 aromatic heterocycles. The monoisotopic (exact) mass is 301 g/mol. The third kappa shape index (κ3) is 1.81. The lowest BCUT2D eigenvalue weighted by Gasteiger charge is -2.05. The van der Waals surface area contributed by atoms with Gasteiger partial charge in [0.25, 0.3) is 5.48 Å². The molecule has 0 atom stereocenters.